The van der Waals surface area contributed by atoms with E-state index in [1.807, 2.05) is 31.2 Å². The Balaban J connectivity index is 1.49. The van der Waals surface area contributed by atoms with Crippen molar-refractivity contribution in [2.75, 3.05) is 24.5 Å². The molecular formula is C21H26N4O. The molecule has 0 radical (unpaired) electrons. The van der Waals surface area contributed by atoms with E-state index >= 15 is 0 Å². The standard InChI is InChI=1S/C21H26N4O/c1-17-8-9-19(23-22-17)24-13-5-11-21(15-24)12-10-20(26)25(16-21)14-18-6-3-2-4-7-18/h2-4,6-9H,5,10-16H2,1H3. The van der Waals surface area contributed by atoms with Crippen LogP contribution in [0.5, 0.6) is 0 Å². The van der Waals surface area contributed by atoms with Gasteiger partial charge in [0.05, 0.1) is 5.69 Å². The summed E-state index contributed by atoms with van der Waals surface area (Å²) in [5.74, 6) is 1.24. The maximum Gasteiger partial charge on any atom is 0.222 e. The highest BCUT2D eigenvalue weighted by Gasteiger charge is 2.42. The van der Waals surface area contributed by atoms with E-state index < -0.39 is 0 Å². The number of amides is 1. The molecule has 2 aromatic rings. The molecule has 1 unspecified atom stereocenters. The third kappa shape index (κ3) is 3.57. The highest BCUT2D eigenvalue weighted by molar-refractivity contribution is 5.77. The fourth-order valence-electron chi connectivity index (χ4n) is 4.35. The van der Waals surface area contributed by atoms with Crippen LogP contribution in [0.1, 0.15) is 36.9 Å². The fraction of sp³-hybridized carbons (Fsp3) is 0.476. The second-order valence-electron chi connectivity index (χ2n) is 7.79. The number of carbonyl (C=O) groups is 1. The monoisotopic (exact) mass is 350 g/mol. The Kier molecular flexibility index (Phi) is 4.62. The van der Waals surface area contributed by atoms with Crippen molar-refractivity contribution < 1.29 is 4.79 Å². The molecule has 1 aromatic heterocycles. The van der Waals surface area contributed by atoms with Crippen molar-refractivity contribution in [2.24, 2.45) is 5.41 Å². The van der Waals surface area contributed by atoms with Gasteiger partial charge in [-0.25, -0.2) is 0 Å². The molecule has 4 rings (SSSR count). The Bertz CT molecular complexity index is 761. The molecule has 2 saturated heterocycles. The Hall–Kier alpha value is -2.43. The summed E-state index contributed by atoms with van der Waals surface area (Å²) in [5, 5.41) is 8.59. The summed E-state index contributed by atoms with van der Waals surface area (Å²) in [6.07, 6.45) is 3.96. The zero-order valence-electron chi connectivity index (χ0n) is 15.4. The first-order valence-corrected chi connectivity index (χ1v) is 9.51. The first kappa shape index (κ1) is 17.0. The van der Waals surface area contributed by atoms with Gasteiger partial charge in [0.2, 0.25) is 5.91 Å². The van der Waals surface area contributed by atoms with Crippen LogP contribution in [0.3, 0.4) is 0 Å². The van der Waals surface area contributed by atoms with Crippen molar-refractivity contribution >= 4 is 11.7 Å². The predicted octanol–water partition coefficient (Wildman–Crippen LogP) is 3.19. The molecule has 0 aliphatic carbocycles. The van der Waals surface area contributed by atoms with E-state index in [0.29, 0.717) is 13.0 Å². The number of hydrogen-bond acceptors (Lipinski definition) is 4. The van der Waals surface area contributed by atoms with Crippen molar-refractivity contribution in [3.8, 4) is 0 Å². The van der Waals surface area contributed by atoms with E-state index in [2.05, 4.69) is 38.2 Å². The Labute approximate surface area is 155 Å². The molecule has 136 valence electrons. The highest BCUT2D eigenvalue weighted by Crippen LogP contribution is 2.40. The van der Waals surface area contributed by atoms with E-state index in [1.165, 1.54) is 12.0 Å². The number of nitrogens with zero attached hydrogens (tertiary/aromatic N) is 4. The van der Waals surface area contributed by atoms with Gasteiger partial charge in [0.25, 0.3) is 0 Å². The Morgan fingerprint density at radius 3 is 2.65 bits per heavy atom. The van der Waals surface area contributed by atoms with E-state index in [9.17, 15) is 4.79 Å². The van der Waals surface area contributed by atoms with Crippen molar-refractivity contribution in [3.05, 3.63) is 53.7 Å². The third-order valence-electron chi connectivity index (χ3n) is 5.73. The van der Waals surface area contributed by atoms with E-state index in [4.69, 9.17) is 0 Å². The minimum Gasteiger partial charge on any atom is -0.355 e. The largest absolute Gasteiger partial charge is 0.355 e. The zero-order valence-corrected chi connectivity index (χ0v) is 15.4. The van der Waals surface area contributed by atoms with Gasteiger partial charge in [-0.05, 0) is 43.9 Å². The molecule has 26 heavy (non-hydrogen) atoms. The maximum absolute atomic E-state index is 12.5. The molecule has 0 bridgehead atoms. The molecule has 3 heterocycles. The molecule has 5 heteroatoms. The fourth-order valence-corrected chi connectivity index (χ4v) is 4.35. The Morgan fingerprint density at radius 2 is 1.88 bits per heavy atom. The van der Waals surface area contributed by atoms with Crippen LogP contribution < -0.4 is 4.90 Å². The smallest absolute Gasteiger partial charge is 0.222 e. The molecule has 2 aliphatic rings. The normalized spacial score (nSPS) is 23.5. The number of benzene rings is 1. The summed E-state index contributed by atoms with van der Waals surface area (Å²) in [5.41, 5.74) is 2.32. The van der Waals surface area contributed by atoms with Crippen LogP contribution in [-0.4, -0.2) is 40.6 Å². The lowest BCUT2D eigenvalue weighted by Crippen LogP contribution is -2.54. The first-order valence-electron chi connectivity index (χ1n) is 9.51. The van der Waals surface area contributed by atoms with Crippen molar-refractivity contribution in [3.63, 3.8) is 0 Å². The molecule has 1 atom stereocenters. The topological polar surface area (TPSA) is 49.3 Å². The summed E-state index contributed by atoms with van der Waals surface area (Å²) < 4.78 is 0. The number of rotatable bonds is 3. The number of aromatic nitrogens is 2. The molecule has 0 saturated carbocycles. The van der Waals surface area contributed by atoms with Crippen LogP contribution in [0, 0.1) is 12.3 Å². The number of piperidine rings is 2. The van der Waals surface area contributed by atoms with Gasteiger partial charge in [-0.3, -0.25) is 4.79 Å². The van der Waals surface area contributed by atoms with Gasteiger partial charge >= 0.3 is 0 Å². The zero-order chi connectivity index (χ0) is 18.0. The predicted molar refractivity (Wildman–Crippen MR) is 102 cm³/mol. The second kappa shape index (κ2) is 7.06. The van der Waals surface area contributed by atoms with Crippen LogP contribution in [0.2, 0.25) is 0 Å². The summed E-state index contributed by atoms with van der Waals surface area (Å²) in [7, 11) is 0. The molecule has 2 fully saturated rings. The van der Waals surface area contributed by atoms with Crippen molar-refractivity contribution in [1.82, 2.24) is 15.1 Å². The molecule has 1 aromatic carbocycles. The molecule has 5 nitrogen and oxygen atoms in total. The van der Waals surface area contributed by atoms with Crippen LogP contribution in [0.25, 0.3) is 0 Å². The number of likely N-dealkylation sites (tertiary alicyclic amines) is 1. The number of anilines is 1. The molecule has 0 N–H and O–H groups in total. The van der Waals surface area contributed by atoms with Crippen LogP contribution in [0.4, 0.5) is 5.82 Å². The number of hydrogen-bond donors (Lipinski definition) is 0. The van der Waals surface area contributed by atoms with E-state index in [0.717, 1.165) is 44.0 Å². The van der Waals surface area contributed by atoms with E-state index in [1.54, 1.807) is 0 Å². The third-order valence-corrected chi connectivity index (χ3v) is 5.73. The van der Waals surface area contributed by atoms with Crippen LogP contribution in [-0.2, 0) is 11.3 Å². The highest BCUT2D eigenvalue weighted by atomic mass is 16.2. The minimum absolute atomic E-state index is 0.174. The summed E-state index contributed by atoms with van der Waals surface area (Å²) >= 11 is 0. The van der Waals surface area contributed by atoms with Crippen molar-refractivity contribution in [1.29, 1.82) is 0 Å². The van der Waals surface area contributed by atoms with Crippen LogP contribution in [0.15, 0.2) is 42.5 Å². The van der Waals surface area contributed by atoms with Crippen LogP contribution >= 0.6 is 0 Å². The second-order valence-corrected chi connectivity index (χ2v) is 7.79. The lowest BCUT2D eigenvalue weighted by molar-refractivity contribution is -0.138. The average Bonchev–Trinajstić information content (AvgIpc) is 2.67. The Morgan fingerprint density at radius 1 is 1.04 bits per heavy atom. The van der Waals surface area contributed by atoms with Gasteiger partial charge in [0.1, 0.15) is 0 Å². The molecule has 1 amide bonds. The minimum atomic E-state index is 0.174. The number of aryl methyl sites for hydroxylation is 1. The van der Waals surface area contributed by atoms with Crippen molar-refractivity contribution in [2.45, 2.75) is 39.2 Å². The lowest BCUT2D eigenvalue weighted by Gasteiger charge is -2.48. The lowest BCUT2D eigenvalue weighted by atomic mass is 9.73. The van der Waals surface area contributed by atoms with Gasteiger partial charge in [-0.15, -0.1) is 5.10 Å². The van der Waals surface area contributed by atoms with Gasteiger partial charge in [-0.2, -0.15) is 5.10 Å². The summed E-state index contributed by atoms with van der Waals surface area (Å²) in [6.45, 7) is 5.50. The molecule has 1 spiro atoms. The van der Waals surface area contributed by atoms with Gasteiger partial charge in [0.15, 0.2) is 5.82 Å². The maximum atomic E-state index is 12.5. The quantitative estimate of drug-likeness (QED) is 0.853. The molecule has 2 aliphatic heterocycles. The summed E-state index contributed by atoms with van der Waals surface area (Å²) in [6, 6.07) is 14.4. The van der Waals surface area contributed by atoms with E-state index in [-0.39, 0.29) is 11.3 Å². The average molecular weight is 350 g/mol. The summed E-state index contributed by atoms with van der Waals surface area (Å²) in [4.78, 5) is 16.9. The van der Waals surface area contributed by atoms with Gasteiger partial charge < -0.3 is 9.80 Å². The number of carbonyl (C=O) groups excluding carboxylic acids is 1. The van der Waals surface area contributed by atoms with Gasteiger partial charge in [0, 0.05) is 38.0 Å². The molecular weight excluding hydrogens is 324 g/mol. The SMILES string of the molecule is Cc1ccc(N2CCCC3(CCC(=O)N(Cc4ccccc4)C3)C2)nn1. The van der Waals surface area contributed by atoms with Gasteiger partial charge in [-0.1, -0.05) is 30.3 Å². The first-order chi connectivity index (χ1) is 12.6.